The van der Waals surface area contributed by atoms with Gasteiger partial charge in [0.05, 0.1) is 0 Å². The predicted octanol–water partition coefficient (Wildman–Crippen LogP) is 0.953. The molecule has 0 aliphatic heterocycles. The SMILES string of the molecule is Cc1cn(CC(F)F)nc1NCC(=O)O. The molecular weight excluding hydrogens is 208 g/mol. The second-order valence-electron chi connectivity index (χ2n) is 3.02. The third-order valence-electron chi connectivity index (χ3n) is 1.68. The van der Waals surface area contributed by atoms with E-state index in [9.17, 15) is 13.6 Å². The largest absolute Gasteiger partial charge is 0.480 e. The Balaban J connectivity index is 2.64. The minimum Gasteiger partial charge on any atom is -0.480 e. The van der Waals surface area contributed by atoms with Crippen molar-refractivity contribution in [1.29, 1.82) is 0 Å². The molecule has 0 saturated carbocycles. The van der Waals surface area contributed by atoms with Gasteiger partial charge in [-0.15, -0.1) is 0 Å². The number of nitrogens with zero attached hydrogens (tertiary/aromatic N) is 2. The monoisotopic (exact) mass is 219 g/mol. The molecule has 0 aliphatic rings. The number of aliphatic carboxylic acids is 1. The molecule has 0 aromatic carbocycles. The van der Waals surface area contributed by atoms with Crippen LogP contribution in [0.5, 0.6) is 0 Å². The van der Waals surface area contributed by atoms with Crippen molar-refractivity contribution >= 4 is 11.8 Å². The zero-order valence-corrected chi connectivity index (χ0v) is 8.07. The quantitative estimate of drug-likeness (QED) is 0.773. The minimum atomic E-state index is -2.48. The van der Waals surface area contributed by atoms with Gasteiger partial charge in [-0.25, -0.2) is 8.78 Å². The standard InChI is InChI=1S/C8H11F2N3O2/c1-5-3-13(4-6(9)10)12-8(5)11-2-7(14)15/h3,6H,2,4H2,1H3,(H,11,12)(H,14,15). The molecule has 15 heavy (non-hydrogen) atoms. The van der Waals surface area contributed by atoms with Crippen LogP contribution in [0, 0.1) is 6.92 Å². The van der Waals surface area contributed by atoms with Crippen LogP contribution in [0.2, 0.25) is 0 Å². The maximum Gasteiger partial charge on any atom is 0.322 e. The molecule has 0 fully saturated rings. The number of carbonyl (C=O) groups is 1. The van der Waals surface area contributed by atoms with E-state index in [0.717, 1.165) is 4.68 Å². The van der Waals surface area contributed by atoms with Gasteiger partial charge >= 0.3 is 5.97 Å². The fraction of sp³-hybridized carbons (Fsp3) is 0.500. The van der Waals surface area contributed by atoms with E-state index in [1.54, 1.807) is 6.92 Å². The Morgan fingerprint density at radius 1 is 1.73 bits per heavy atom. The summed E-state index contributed by atoms with van der Waals surface area (Å²) < 4.78 is 25.1. The first-order chi connectivity index (χ1) is 6.99. The highest BCUT2D eigenvalue weighted by atomic mass is 19.3. The number of nitrogens with one attached hydrogen (secondary N) is 1. The van der Waals surface area contributed by atoms with Crippen molar-refractivity contribution in [3.8, 4) is 0 Å². The molecule has 0 radical (unpaired) electrons. The molecule has 84 valence electrons. The highest BCUT2D eigenvalue weighted by Gasteiger charge is 2.09. The van der Waals surface area contributed by atoms with Gasteiger partial charge in [-0.2, -0.15) is 5.10 Å². The number of carboxylic acid groups (broad SMARTS) is 1. The molecule has 1 aromatic heterocycles. The molecular formula is C8H11F2N3O2. The second kappa shape index (κ2) is 4.72. The highest BCUT2D eigenvalue weighted by Crippen LogP contribution is 2.11. The topological polar surface area (TPSA) is 67.2 Å². The third kappa shape index (κ3) is 3.53. The van der Waals surface area contributed by atoms with Crippen LogP contribution in [-0.4, -0.2) is 33.8 Å². The van der Waals surface area contributed by atoms with Crippen LogP contribution < -0.4 is 5.32 Å². The summed E-state index contributed by atoms with van der Waals surface area (Å²) in [6.07, 6.45) is -1.03. The van der Waals surface area contributed by atoms with E-state index >= 15 is 0 Å². The summed E-state index contributed by atoms with van der Waals surface area (Å²) in [5, 5.41) is 14.7. The Kier molecular flexibility index (Phi) is 3.59. The number of rotatable bonds is 5. The second-order valence-corrected chi connectivity index (χ2v) is 3.02. The van der Waals surface area contributed by atoms with Crippen LogP contribution in [0.1, 0.15) is 5.56 Å². The maximum atomic E-state index is 12.0. The van der Waals surface area contributed by atoms with Crippen LogP contribution in [-0.2, 0) is 11.3 Å². The Bertz CT molecular complexity index is 352. The Morgan fingerprint density at radius 2 is 2.40 bits per heavy atom. The molecule has 0 amide bonds. The molecule has 1 aromatic rings. The van der Waals surface area contributed by atoms with Crippen molar-refractivity contribution in [1.82, 2.24) is 9.78 Å². The summed E-state index contributed by atoms with van der Waals surface area (Å²) in [4.78, 5) is 10.3. The number of carboxylic acids is 1. The van der Waals surface area contributed by atoms with E-state index in [0.29, 0.717) is 11.4 Å². The first-order valence-electron chi connectivity index (χ1n) is 4.27. The zero-order chi connectivity index (χ0) is 11.4. The molecule has 0 bridgehead atoms. The summed E-state index contributed by atoms with van der Waals surface area (Å²) in [5.41, 5.74) is 0.636. The first-order valence-corrected chi connectivity index (χ1v) is 4.27. The van der Waals surface area contributed by atoms with Crippen molar-refractivity contribution < 1.29 is 18.7 Å². The Hall–Kier alpha value is -1.66. The lowest BCUT2D eigenvalue weighted by atomic mass is 10.4. The van der Waals surface area contributed by atoms with E-state index in [1.165, 1.54) is 6.20 Å². The summed E-state index contributed by atoms with van der Waals surface area (Å²) in [6, 6.07) is 0. The van der Waals surface area contributed by atoms with Crippen molar-refractivity contribution in [2.75, 3.05) is 11.9 Å². The van der Waals surface area contributed by atoms with E-state index in [4.69, 9.17) is 5.11 Å². The van der Waals surface area contributed by atoms with Gasteiger partial charge in [-0.1, -0.05) is 0 Å². The molecule has 0 saturated heterocycles. The number of halogens is 2. The highest BCUT2D eigenvalue weighted by molar-refractivity contribution is 5.72. The molecule has 0 aliphatic carbocycles. The van der Waals surface area contributed by atoms with Gasteiger partial charge in [-0.3, -0.25) is 9.48 Å². The van der Waals surface area contributed by atoms with Gasteiger partial charge in [0.2, 0.25) is 0 Å². The van der Waals surface area contributed by atoms with E-state index in [2.05, 4.69) is 10.4 Å². The number of aryl methyl sites for hydroxylation is 1. The van der Waals surface area contributed by atoms with Gasteiger partial charge < -0.3 is 10.4 Å². The summed E-state index contributed by atoms with van der Waals surface area (Å²) in [7, 11) is 0. The lowest BCUT2D eigenvalue weighted by Gasteiger charge is -2.00. The van der Waals surface area contributed by atoms with Gasteiger partial charge in [0.1, 0.15) is 13.1 Å². The molecule has 1 heterocycles. The summed E-state index contributed by atoms with van der Waals surface area (Å²) >= 11 is 0. The lowest BCUT2D eigenvalue weighted by molar-refractivity contribution is -0.134. The van der Waals surface area contributed by atoms with E-state index < -0.39 is 18.9 Å². The fourth-order valence-corrected chi connectivity index (χ4v) is 1.09. The zero-order valence-electron chi connectivity index (χ0n) is 8.07. The number of hydrogen-bond donors (Lipinski definition) is 2. The average Bonchev–Trinajstić information content (AvgIpc) is 2.41. The average molecular weight is 219 g/mol. The Morgan fingerprint density at radius 3 is 2.93 bits per heavy atom. The maximum absolute atomic E-state index is 12.0. The molecule has 0 spiro atoms. The number of anilines is 1. The smallest absolute Gasteiger partial charge is 0.322 e. The van der Waals surface area contributed by atoms with Gasteiger partial charge in [0.25, 0.3) is 6.43 Å². The fourth-order valence-electron chi connectivity index (χ4n) is 1.09. The van der Waals surface area contributed by atoms with Crippen LogP contribution in [0.3, 0.4) is 0 Å². The van der Waals surface area contributed by atoms with Gasteiger partial charge in [0.15, 0.2) is 5.82 Å². The van der Waals surface area contributed by atoms with Crippen molar-refractivity contribution in [2.45, 2.75) is 19.9 Å². The van der Waals surface area contributed by atoms with Crippen molar-refractivity contribution in [2.24, 2.45) is 0 Å². The van der Waals surface area contributed by atoms with Crippen LogP contribution in [0.15, 0.2) is 6.20 Å². The van der Waals surface area contributed by atoms with Gasteiger partial charge in [-0.05, 0) is 6.92 Å². The molecule has 0 atom stereocenters. The lowest BCUT2D eigenvalue weighted by Crippen LogP contribution is -2.14. The predicted molar refractivity (Wildman–Crippen MR) is 49.1 cm³/mol. The molecule has 7 heteroatoms. The summed E-state index contributed by atoms with van der Waals surface area (Å²) in [6.45, 7) is 0.890. The number of aromatic nitrogens is 2. The van der Waals surface area contributed by atoms with Gasteiger partial charge in [0, 0.05) is 11.8 Å². The van der Waals surface area contributed by atoms with Crippen molar-refractivity contribution in [3.63, 3.8) is 0 Å². The van der Waals surface area contributed by atoms with Crippen LogP contribution in [0.25, 0.3) is 0 Å². The minimum absolute atomic E-state index is 0.285. The summed E-state index contributed by atoms with van der Waals surface area (Å²) in [5.74, 6) is -0.712. The third-order valence-corrected chi connectivity index (χ3v) is 1.68. The Labute approximate surface area is 84.7 Å². The molecule has 2 N–H and O–H groups in total. The number of alkyl halides is 2. The van der Waals surface area contributed by atoms with Crippen LogP contribution >= 0.6 is 0 Å². The van der Waals surface area contributed by atoms with Crippen molar-refractivity contribution in [3.05, 3.63) is 11.8 Å². The van der Waals surface area contributed by atoms with Crippen LogP contribution in [0.4, 0.5) is 14.6 Å². The molecule has 0 unspecified atom stereocenters. The first kappa shape index (κ1) is 11.4. The molecule has 5 nitrogen and oxygen atoms in total. The normalized spacial score (nSPS) is 10.7. The van der Waals surface area contributed by atoms with E-state index in [1.807, 2.05) is 0 Å². The molecule has 1 rings (SSSR count). The van der Waals surface area contributed by atoms with E-state index in [-0.39, 0.29) is 6.54 Å². The number of hydrogen-bond acceptors (Lipinski definition) is 3.